The quantitative estimate of drug-likeness (QED) is 0.720. The molecule has 2 fully saturated rings. The van der Waals surface area contributed by atoms with E-state index in [2.05, 4.69) is 49.9 Å². The summed E-state index contributed by atoms with van der Waals surface area (Å²) in [4.78, 5) is 23.5. The number of aromatic nitrogens is 2. The summed E-state index contributed by atoms with van der Waals surface area (Å²) >= 11 is 0. The molecule has 1 aliphatic heterocycles. The molecule has 1 aliphatic carbocycles. The molecule has 2 amide bonds. The second kappa shape index (κ2) is 9.11. The molecule has 154 valence electrons. The van der Waals surface area contributed by atoms with Crippen molar-refractivity contribution in [1.82, 2.24) is 20.6 Å². The summed E-state index contributed by atoms with van der Waals surface area (Å²) in [5.74, 6) is 1.52. The van der Waals surface area contributed by atoms with Gasteiger partial charge in [0, 0.05) is 37.1 Å². The van der Waals surface area contributed by atoms with Gasteiger partial charge in [-0.15, -0.1) is 0 Å². The Morgan fingerprint density at radius 2 is 1.62 bits per heavy atom. The second-order valence-corrected chi connectivity index (χ2v) is 8.09. The van der Waals surface area contributed by atoms with Gasteiger partial charge in [0.25, 0.3) is 0 Å². The molecule has 0 atom stereocenters. The number of carbonyl (C=O) groups is 1. The van der Waals surface area contributed by atoms with Crippen LogP contribution in [0.1, 0.15) is 44.1 Å². The lowest BCUT2D eigenvalue weighted by Gasteiger charge is -2.32. The van der Waals surface area contributed by atoms with Crippen LogP contribution >= 0.6 is 0 Å². The van der Waals surface area contributed by atoms with Crippen LogP contribution in [0.15, 0.2) is 36.5 Å². The Balaban J connectivity index is 1.28. The Hall–Kier alpha value is -2.83. The van der Waals surface area contributed by atoms with Gasteiger partial charge in [0.1, 0.15) is 5.82 Å². The number of urea groups is 1. The van der Waals surface area contributed by atoms with E-state index in [0.717, 1.165) is 56.2 Å². The molecule has 1 saturated heterocycles. The van der Waals surface area contributed by atoms with Crippen molar-refractivity contribution in [3.05, 3.63) is 42.1 Å². The third-order valence-electron chi connectivity index (χ3n) is 5.77. The van der Waals surface area contributed by atoms with Crippen molar-refractivity contribution >= 4 is 23.5 Å². The number of benzene rings is 1. The van der Waals surface area contributed by atoms with Gasteiger partial charge in [-0.25, -0.2) is 9.78 Å². The lowest BCUT2D eigenvalue weighted by Crippen LogP contribution is -2.49. The number of hydrogen-bond donors (Lipinski definition) is 3. The largest absolute Gasteiger partial charge is 0.341 e. The maximum absolute atomic E-state index is 12.2. The highest BCUT2D eigenvalue weighted by Crippen LogP contribution is 2.21. The number of nitrogens with one attached hydrogen (secondary N) is 3. The molecular weight excluding hydrogens is 364 g/mol. The molecule has 0 unspecified atom stereocenters. The molecule has 2 aromatic rings. The summed E-state index contributed by atoms with van der Waals surface area (Å²) in [5.41, 5.74) is 2.24. The zero-order chi connectivity index (χ0) is 20.1. The molecule has 0 spiro atoms. The minimum atomic E-state index is -0.0177. The number of anilines is 3. The van der Waals surface area contributed by atoms with Gasteiger partial charge in [0.05, 0.1) is 0 Å². The van der Waals surface area contributed by atoms with Crippen LogP contribution in [-0.4, -0.2) is 41.2 Å². The second-order valence-electron chi connectivity index (χ2n) is 8.09. The smallest absolute Gasteiger partial charge is 0.315 e. The van der Waals surface area contributed by atoms with E-state index < -0.39 is 0 Å². The van der Waals surface area contributed by atoms with E-state index in [1.54, 1.807) is 6.20 Å². The van der Waals surface area contributed by atoms with Crippen molar-refractivity contribution in [3.63, 3.8) is 0 Å². The monoisotopic (exact) mass is 394 g/mol. The molecule has 29 heavy (non-hydrogen) atoms. The predicted octanol–water partition coefficient (Wildman–Crippen LogP) is 3.74. The number of amides is 2. The zero-order valence-electron chi connectivity index (χ0n) is 17.0. The highest BCUT2D eigenvalue weighted by molar-refractivity contribution is 5.74. The third-order valence-corrected chi connectivity index (χ3v) is 5.77. The fourth-order valence-corrected chi connectivity index (χ4v) is 4.06. The van der Waals surface area contributed by atoms with E-state index in [9.17, 15) is 4.79 Å². The first-order valence-corrected chi connectivity index (χ1v) is 10.6. The van der Waals surface area contributed by atoms with Crippen molar-refractivity contribution in [1.29, 1.82) is 0 Å². The normalized spacial score (nSPS) is 17.9. The van der Waals surface area contributed by atoms with E-state index in [0.29, 0.717) is 6.04 Å². The summed E-state index contributed by atoms with van der Waals surface area (Å²) in [6.45, 7) is 3.74. The van der Waals surface area contributed by atoms with Crippen molar-refractivity contribution in [2.75, 3.05) is 23.3 Å². The maximum atomic E-state index is 12.2. The number of aryl methyl sites for hydroxylation is 1. The fraction of sp³-hybridized carbons (Fsp3) is 0.500. The first-order valence-electron chi connectivity index (χ1n) is 10.6. The standard InChI is InChI=1S/C22H30N6O/c1-16-6-8-18(9-7-16)24-20-10-13-23-21(27-20)28-14-11-19(12-15-28)26-22(29)25-17-4-2-3-5-17/h6-10,13,17,19H,2-5,11-12,14-15H2,1H3,(H,23,24,27)(H2,25,26,29). The number of carbonyl (C=O) groups excluding carboxylic acids is 1. The Labute approximate surface area is 172 Å². The van der Waals surface area contributed by atoms with E-state index in [1.807, 2.05) is 18.2 Å². The average molecular weight is 395 g/mol. The van der Waals surface area contributed by atoms with Gasteiger partial charge in [0.15, 0.2) is 0 Å². The Bertz CT molecular complexity index is 810. The summed E-state index contributed by atoms with van der Waals surface area (Å²) in [5, 5.41) is 9.58. The molecule has 4 rings (SSSR count). The molecule has 7 nitrogen and oxygen atoms in total. The van der Waals surface area contributed by atoms with Crippen LogP contribution < -0.4 is 20.9 Å². The number of rotatable bonds is 5. The number of hydrogen-bond acceptors (Lipinski definition) is 5. The van der Waals surface area contributed by atoms with Crippen LogP contribution in [0.5, 0.6) is 0 Å². The lowest BCUT2D eigenvalue weighted by atomic mass is 10.1. The predicted molar refractivity (Wildman–Crippen MR) is 116 cm³/mol. The van der Waals surface area contributed by atoms with E-state index >= 15 is 0 Å². The van der Waals surface area contributed by atoms with Gasteiger partial charge < -0.3 is 20.9 Å². The van der Waals surface area contributed by atoms with Crippen molar-refractivity contribution in [2.45, 2.75) is 57.5 Å². The number of piperidine rings is 1. The van der Waals surface area contributed by atoms with E-state index in [1.165, 1.54) is 18.4 Å². The Kier molecular flexibility index (Phi) is 6.12. The molecular formula is C22H30N6O. The summed E-state index contributed by atoms with van der Waals surface area (Å²) in [6, 6.07) is 10.7. The van der Waals surface area contributed by atoms with Gasteiger partial charge in [0.2, 0.25) is 5.95 Å². The SMILES string of the molecule is Cc1ccc(Nc2ccnc(N3CCC(NC(=O)NC4CCCC4)CC3)n2)cc1. The van der Waals surface area contributed by atoms with Crippen molar-refractivity contribution < 1.29 is 4.79 Å². The van der Waals surface area contributed by atoms with Gasteiger partial charge in [-0.3, -0.25) is 0 Å². The van der Waals surface area contributed by atoms with Crippen LogP contribution in [0.4, 0.5) is 22.2 Å². The first-order chi connectivity index (χ1) is 14.2. The summed E-state index contributed by atoms with van der Waals surface area (Å²) < 4.78 is 0. The molecule has 1 aromatic carbocycles. The van der Waals surface area contributed by atoms with Crippen molar-refractivity contribution in [3.8, 4) is 0 Å². The average Bonchev–Trinajstić information content (AvgIpc) is 3.23. The van der Waals surface area contributed by atoms with Crippen molar-refractivity contribution in [2.24, 2.45) is 0 Å². The molecule has 2 aliphatic rings. The van der Waals surface area contributed by atoms with Gasteiger partial charge in [-0.2, -0.15) is 4.98 Å². The zero-order valence-corrected chi connectivity index (χ0v) is 17.0. The lowest BCUT2D eigenvalue weighted by molar-refractivity contribution is 0.230. The van der Waals surface area contributed by atoms with Gasteiger partial charge in [-0.1, -0.05) is 30.5 Å². The number of nitrogens with zero attached hydrogens (tertiary/aromatic N) is 3. The van der Waals surface area contributed by atoms with Gasteiger partial charge >= 0.3 is 6.03 Å². The van der Waals surface area contributed by atoms with E-state index in [-0.39, 0.29) is 12.1 Å². The molecule has 1 aromatic heterocycles. The minimum Gasteiger partial charge on any atom is -0.341 e. The van der Waals surface area contributed by atoms with Crippen LogP contribution in [0.3, 0.4) is 0 Å². The fourth-order valence-electron chi connectivity index (χ4n) is 4.06. The Morgan fingerprint density at radius 1 is 0.966 bits per heavy atom. The molecule has 2 heterocycles. The summed E-state index contributed by atoms with van der Waals surface area (Å²) in [6.07, 6.45) is 8.25. The minimum absolute atomic E-state index is 0.0177. The first kappa shape index (κ1) is 19.5. The summed E-state index contributed by atoms with van der Waals surface area (Å²) in [7, 11) is 0. The van der Waals surface area contributed by atoms with Crippen LogP contribution in [0.25, 0.3) is 0 Å². The highest BCUT2D eigenvalue weighted by atomic mass is 16.2. The molecule has 3 N–H and O–H groups in total. The van der Waals surface area contributed by atoms with Crippen LogP contribution in [0.2, 0.25) is 0 Å². The topological polar surface area (TPSA) is 82.2 Å². The van der Waals surface area contributed by atoms with E-state index in [4.69, 9.17) is 0 Å². The maximum Gasteiger partial charge on any atom is 0.315 e. The van der Waals surface area contributed by atoms with Gasteiger partial charge in [-0.05, 0) is 50.8 Å². The Morgan fingerprint density at radius 3 is 2.31 bits per heavy atom. The molecule has 7 heteroatoms. The van der Waals surface area contributed by atoms with Crippen LogP contribution in [0, 0.1) is 6.92 Å². The molecule has 0 bridgehead atoms. The highest BCUT2D eigenvalue weighted by Gasteiger charge is 2.24. The molecule has 0 radical (unpaired) electrons. The van der Waals surface area contributed by atoms with Crippen LogP contribution in [-0.2, 0) is 0 Å². The molecule has 1 saturated carbocycles. The third kappa shape index (κ3) is 5.37.